The van der Waals surface area contributed by atoms with Crippen molar-refractivity contribution < 1.29 is 17.9 Å². The summed E-state index contributed by atoms with van der Waals surface area (Å²) < 4.78 is 50.5. The zero-order chi connectivity index (χ0) is 28.7. The van der Waals surface area contributed by atoms with Crippen LogP contribution in [0.3, 0.4) is 0 Å². The highest BCUT2D eigenvalue weighted by atomic mass is 35.5. The van der Waals surface area contributed by atoms with Gasteiger partial charge in [-0.2, -0.15) is 10.4 Å². The van der Waals surface area contributed by atoms with Crippen molar-refractivity contribution in [3.05, 3.63) is 103 Å². The second-order valence-corrected chi connectivity index (χ2v) is 9.09. The lowest BCUT2D eigenvalue weighted by atomic mass is 10.1. The van der Waals surface area contributed by atoms with E-state index in [-0.39, 0.29) is 51.0 Å². The fourth-order valence-electron chi connectivity index (χ4n) is 4.24. The number of hydrogen-bond donors (Lipinski definition) is 0. The van der Waals surface area contributed by atoms with Gasteiger partial charge >= 0.3 is 5.69 Å². The van der Waals surface area contributed by atoms with E-state index in [4.69, 9.17) is 16.3 Å². The molecular formula is C26H17ClF3N7O3. The van der Waals surface area contributed by atoms with Gasteiger partial charge in [0.25, 0.3) is 5.56 Å². The van der Waals surface area contributed by atoms with Gasteiger partial charge < -0.3 is 4.74 Å². The lowest BCUT2D eigenvalue weighted by Gasteiger charge is -2.17. The van der Waals surface area contributed by atoms with Crippen molar-refractivity contribution in [1.29, 1.82) is 5.26 Å². The summed E-state index contributed by atoms with van der Waals surface area (Å²) in [4.78, 5) is 35.8. The molecule has 2 aromatic carbocycles. The standard InChI is InChI=1S/C26H17ClF3N7O3/c1-35-12-32-21(34-35)11-37-25(38)22-20(36(26(37)39)10-14-6-17(28)23(30)18(29)7-14)8-19(33-24(22)40-2)15-5-13(9-31)3-4-16(15)27/h3-8,12H,10-11H2,1-2H3. The number of hydrogen-bond acceptors (Lipinski definition) is 7. The predicted octanol–water partition coefficient (Wildman–Crippen LogP) is 3.40. The topological polar surface area (TPSA) is 121 Å². The fraction of sp³-hybridized carbons (Fsp3) is 0.154. The summed E-state index contributed by atoms with van der Waals surface area (Å²) >= 11 is 6.37. The summed E-state index contributed by atoms with van der Waals surface area (Å²) in [5.74, 6) is -4.58. The highest BCUT2D eigenvalue weighted by Crippen LogP contribution is 2.32. The number of halogens is 4. The number of nitriles is 1. The second kappa shape index (κ2) is 10.3. The van der Waals surface area contributed by atoms with Crippen molar-refractivity contribution in [2.75, 3.05) is 7.11 Å². The third kappa shape index (κ3) is 4.69. The van der Waals surface area contributed by atoms with E-state index in [2.05, 4.69) is 15.1 Å². The third-order valence-corrected chi connectivity index (χ3v) is 6.40. The van der Waals surface area contributed by atoms with E-state index in [0.717, 1.165) is 21.3 Å². The Balaban J connectivity index is 1.84. The van der Waals surface area contributed by atoms with E-state index < -0.39 is 35.2 Å². The minimum Gasteiger partial charge on any atom is -0.480 e. The molecule has 40 heavy (non-hydrogen) atoms. The molecule has 0 N–H and O–H groups in total. The smallest absolute Gasteiger partial charge is 0.332 e. The molecule has 3 heterocycles. The number of aromatic nitrogens is 6. The Morgan fingerprint density at radius 3 is 2.40 bits per heavy atom. The van der Waals surface area contributed by atoms with Crippen LogP contribution in [0.5, 0.6) is 5.88 Å². The van der Waals surface area contributed by atoms with Crippen LogP contribution in [0.15, 0.2) is 52.3 Å². The van der Waals surface area contributed by atoms with Gasteiger partial charge in [-0.1, -0.05) is 11.6 Å². The number of pyridine rings is 1. The van der Waals surface area contributed by atoms with Gasteiger partial charge in [0.15, 0.2) is 23.3 Å². The first-order chi connectivity index (χ1) is 19.1. The Kier molecular flexibility index (Phi) is 6.87. The maximum atomic E-state index is 14.1. The maximum Gasteiger partial charge on any atom is 0.332 e. The largest absolute Gasteiger partial charge is 0.480 e. The Labute approximate surface area is 228 Å². The van der Waals surface area contributed by atoms with Crippen molar-refractivity contribution in [1.82, 2.24) is 28.9 Å². The number of rotatable bonds is 6. The van der Waals surface area contributed by atoms with E-state index in [0.29, 0.717) is 5.56 Å². The van der Waals surface area contributed by atoms with Crippen LogP contribution in [0.4, 0.5) is 13.2 Å². The molecule has 0 saturated heterocycles. The van der Waals surface area contributed by atoms with Crippen molar-refractivity contribution >= 4 is 22.5 Å². The highest BCUT2D eigenvalue weighted by molar-refractivity contribution is 6.33. The highest BCUT2D eigenvalue weighted by Gasteiger charge is 2.22. The van der Waals surface area contributed by atoms with Crippen molar-refractivity contribution in [2.24, 2.45) is 7.05 Å². The number of ether oxygens (including phenoxy) is 1. The molecule has 0 bridgehead atoms. The van der Waals surface area contributed by atoms with Gasteiger partial charge in [0.1, 0.15) is 11.7 Å². The number of benzene rings is 2. The van der Waals surface area contributed by atoms with Crippen LogP contribution in [0.25, 0.3) is 22.2 Å². The minimum absolute atomic E-state index is 0.00866. The first-order valence-electron chi connectivity index (χ1n) is 11.5. The van der Waals surface area contributed by atoms with Gasteiger partial charge in [-0.15, -0.1) is 0 Å². The van der Waals surface area contributed by atoms with Crippen LogP contribution in [0.1, 0.15) is 17.0 Å². The zero-order valence-corrected chi connectivity index (χ0v) is 21.6. The lowest BCUT2D eigenvalue weighted by Crippen LogP contribution is -2.41. The Hall–Kier alpha value is -4.96. The summed E-state index contributed by atoms with van der Waals surface area (Å²) in [5, 5.41) is 13.5. The molecule has 5 rings (SSSR count). The van der Waals surface area contributed by atoms with Gasteiger partial charge in [0, 0.05) is 12.6 Å². The lowest BCUT2D eigenvalue weighted by molar-refractivity contribution is 0.402. The third-order valence-electron chi connectivity index (χ3n) is 6.07. The Morgan fingerprint density at radius 2 is 1.77 bits per heavy atom. The molecule has 0 aliphatic rings. The summed E-state index contributed by atoms with van der Waals surface area (Å²) in [6.07, 6.45) is 1.39. The van der Waals surface area contributed by atoms with Crippen molar-refractivity contribution in [3.63, 3.8) is 0 Å². The van der Waals surface area contributed by atoms with Crippen LogP contribution in [-0.2, 0) is 20.1 Å². The SMILES string of the molecule is COc1nc(-c2cc(C#N)ccc2Cl)cc2c1c(=O)n(Cc1ncn(C)n1)c(=O)n2Cc1cc(F)c(F)c(F)c1. The quantitative estimate of drug-likeness (QED) is 0.288. The van der Waals surface area contributed by atoms with Crippen LogP contribution < -0.4 is 16.0 Å². The molecule has 0 aliphatic carbocycles. The molecule has 0 fully saturated rings. The van der Waals surface area contributed by atoms with Gasteiger partial charge in [-0.25, -0.2) is 27.9 Å². The van der Waals surface area contributed by atoms with Crippen LogP contribution >= 0.6 is 11.6 Å². The van der Waals surface area contributed by atoms with Gasteiger partial charge in [-0.05, 0) is 42.0 Å². The molecule has 0 saturated carbocycles. The molecule has 0 spiro atoms. The molecule has 10 nitrogen and oxygen atoms in total. The summed E-state index contributed by atoms with van der Waals surface area (Å²) in [5.41, 5.74) is -1.03. The number of aryl methyl sites for hydroxylation is 1. The monoisotopic (exact) mass is 567 g/mol. The van der Waals surface area contributed by atoms with E-state index >= 15 is 0 Å². The minimum atomic E-state index is -1.66. The molecule has 3 aromatic heterocycles. The number of nitrogens with zero attached hydrogens (tertiary/aromatic N) is 7. The molecule has 202 valence electrons. The molecule has 5 aromatic rings. The average Bonchev–Trinajstić information content (AvgIpc) is 3.35. The molecule has 0 aliphatic heterocycles. The maximum absolute atomic E-state index is 14.1. The van der Waals surface area contributed by atoms with E-state index in [1.807, 2.05) is 6.07 Å². The molecule has 0 radical (unpaired) electrons. The molecule has 0 amide bonds. The summed E-state index contributed by atoms with van der Waals surface area (Å²) in [7, 11) is 2.87. The molecule has 14 heteroatoms. The Morgan fingerprint density at radius 1 is 1.05 bits per heavy atom. The normalized spacial score (nSPS) is 11.1. The molecular weight excluding hydrogens is 551 g/mol. The first kappa shape index (κ1) is 26.6. The zero-order valence-electron chi connectivity index (χ0n) is 20.8. The van der Waals surface area contributed by atoms with Gasteiger partial charge in [-0.3, -0.25) is 18.6 Å². The van der Waals surface area contributed by atoms with E-state index in [1.165, 1.54) is 42.4 Å². The first-order valence-corrected chi connectivity index (χ1v) is 11.9. The second-order valence-electron chi connectivity index (χ2n) is 8.69. The van der Waals surface area contributed by atoms with Crippen molar-refractivity contribution in [2.45, 2.75) is 13.1 Å². The van der Waals surface area contributed by atoms with Crippen molar-refractivity contribution in [3.8, 4) is 23.2 Å². The van der Waals surface area contributed by atoms with E-state index in [9.17, 15) is 28.0 Å². The van der Waals surface area contributed by atoms with Crippen LogP contribution in [0.2, 0.25) is 5.02 Å². The van der Waals surface area contributed by atoms with Gasteiger partial charge in [0.2, 0.25) is 5.88 Å². The molecule has 0 atom stereocenters. The summed E-state index contributed by atoms with van der Waals surface area (Å²) in [6.45, 7) is -0.792. The van der Waals surface area contributed by atoms with Crippen LogP contribution in [0, 0.1) is 28.8 Å². The average molecular weight is 568 g/mol. The Bertz CT molecular complexity index is 1950. The predicted molar refractivity (Wildman–Crippen MR) is 137 cm³/mol. The summed E-state index contributed by atoms with van der Waals surface area (Å²) in [6, 6.07) is 9.33. The van der Waals surface area contributed by atoms with Gasteiger partial charge in [0.05, 0.1) is 48.1 Å². The van der Waals surface area contributed by atoms with Crippen LogP contribution in [-0.4, -0.2) is 36.0 Å². The molecule has 0 unspecified atom stereocenters. The fourth-order valence-corrected chi connectivity index (χ4v) is 4.46. The van der Waals surface area contributed by atoms with E-state index in [1.54, 1.807) is 7.05 Å². The number of methoxy groups -OCH3 is 1. The number of fused-ring (bicyclic) bond motifs is 1.